The van der Waals surface area contributed by atoms with Gasteiger partial charge in [0.15, 0.2) is 5.96 Å². The second kappa shape index (κ2) is 14.1. The lowest BCUT2D eigenvalue weighted by Gasteiger charge is -2.12. The number of guanidine groups is 1. The highest BCUT2D eigenvalue weighted by molar-refractivity contribution is 14.0. The molecule has 0 amide bonds. The molecule has 0 spiro atoms. The topological polar surface area (TPSA) is 45.6 Å². The summed E-state index contributed by atoms with van der Waals surface area (Å²) < 4.78 is 5.29. The zero-order chi connectivity index (χ0) is 15.3. The van der Waals surface area contributed by atoms with Crippen molar-refractivity contribution in [1.82, 2.24) is 10.6 Å². The first-order valence-corrected chi connectivity index (χ1v) is 7.91. The molecule has 0 bridgehead atoms. The van der Waals surface area contributed by atoms with Crippen LogP contribution in [-0.4, -0.2) is 39.3 Å². The summed E-state index contributed by atoms with van der Waals surface area (Å²) in [6.45, 7) is 5.30. The molecular formula is C16H27ClIN3O. The van der Waals surface area contributed by atoms with Gasteiger partial charge in [0.1, 0.15) is 0 Å². The first-order valence-electron chi connectivity index (χ1n) is 7.53. The van der Waals surface area contributed by atoms with Gasteiger partial charge in [0.25, 0.3) is 0 Å². The van der Waals surface area contributed by atoms with Crippen LogP contribution in [0, 0.1) is 0 Å². The third-order valence-corrected chi connectivity index (χ3v) is 3.43. The zero-order valence-electron chi connectivity index (χ0n) is 13.4. The smallest absolute Gasteiger partial charge is 0.190 e. The van der Waals surface area contributed by atoms with Gasteiger partial charge in [-0.1, -0.05) is 29.8 Å². The molecule has 0 aliphatic carbocycles. The molecule has 0 saturated carbocycles. The fraction of sp³-hybridized carbons (Fsp3) is 0.562. The molecule has 1 rings (SSSR count). The van der Waals surface area contributed by atoms with Crippen LogP contribution < -0.4 is 10.6 Å². The Morgan fingerprint density at radius 2 is 1.86 bits per heavy atom. The van der Waals surface area contributed by atoms with Gasteiger partial charge in [-0.2, -0.15) is 0 Å². The molecule has 0 aromatic heterocycles. The predicted molar refractivity (Wildman–Crippen MR) is 106 cm³/mol. The maximum Gasteiger partial charge on any atom is 0.190 e. The number of nitrogens with zero attached hydrogens (tertiary/aromatic N) is 1. The third kappa shape index (κ3) is 9.48. The summed E-state index contributed by atoms with van der Waals surface area (Å²) in [6, 6.07) is 7.98. The Morgan fingerprint density at radius 1 is 1.18 bits per heavy atom. The van der Waals surface area contributed by atoms with Gasteiger partial charge in [0.2, 0.25) is 0 Å². The molecule has 0 heterocycles. The Bertz CT molecular complexity index is 430. The molecule has 0 atom stereocenters. The van der Waals surface area contributed by atoms with Crippen LogP contribution in [0.1, 0.15) is 25.3 Å². The summed E-state index contributed by atoms with van der Waals surface area (Å²) in [5.74, 6) is 0.839. The molecule has 0 aliphatic heterocycles. The van der Waals surface area contributed by atoms with Crippen molar-refractivity contribution in [2.24, 2.45) is 4.99 Å². The van der Waals surface area contributed by atoms with E-state index in [0.717, 1.165) is 56.5 Å². The first kappa shape index (κ1) is 21.5. The van der Waals surface area contributed by atoms with Gasteiger partial charge in [-0.25, -0.2) is 0 Å². The fourth-order valence-electron chi connectivity index (χ4n) is 1.93. The van der Waals surface area contributed by atoms with E-state index in [1.54, 1.807) is 7.05 Å². The maximum absolute atomic E-state index is 6.13. The predicted octanol–water partition coefficient (Wildman–Crippen LogP) is 3.48. The van der Waals surface area contributed by atoms with Crippen LogP contribution in [0.2, 0.25) is 5.02 Å². The van der Waals surface area contributed by atoms with Gasteiger partial charge in [0.05, 0.1) is 0 Å². The van der Waals surface area contributed by atoms with Crippen LogP contribution in [0.15, 0.2) is 29.3 Å². The van der Waals surface area contributed by atoms with Crippen molar-refractivity contribution in [1.29, 1.82) is 0 Å². The van der Waals surface area contributed by atoms with Gasteiger partial charge in [-0.15, -0.1) is 24.0 Å². The van der Waals surface area contributed by atoms with Crippen molar-refractivity contribution in [3.63, 3.8) is 0 Å². The number of aryl methyl sites for hydroxylation is 1. The highest BCUT2D eigenvalue weighted by atomic mass is 127. The van der Waals surface area contributed by atoms with E-state index in [1.807, 2.05) is 25.1 Å². The molecule has 1 aromatic carbocycles. The minimum atomic E-state index is 0. The van der Waals surface area contributed by atoms with E-state index in [0.29, 0.717) is 0 Å². The lowest BCUT2D eigenvalue weighted by Crippen LogP contribution is -2.38. The van der Waals surface area contributed by atoms with Crippen LogP contribution in [0.25, 0.3) is 0 Å². The molecule has 4 nitrogen and oxygen atoms in total. The van der Waals surface area contributed by atoms with E-state index in [4.69, 9.17) is 16.3 Å². The number of halogens is 2. The number of hydrogen-bond acceptors (Lipinski definition) is 2. The molecule has 22 heavy (non-hydrogen) atoms. The summed E-state index contributed by atoms with van der Waals surface area (Å²) in [4.78, 5) is 4.20. The van der Waals surface area contributed by atoms with Crippen LogP contribution in [-0.2, 0) is 11.2 Å². The van der Waals surface area contributed by atoms with Gasteiger partial charge in [-0.05, 0) is 37.8 Å². The van der Waals surface area contributed by atoms with Crippen LogP contribution in [0.5, 0.6) is 0 Å². The second-order valence-corrected chi connectivity index (χ2v) is 5.08. The fourth-order valence-corrected chi connectivity index (χ4v) is 2.16. The molecule has 1 aromatic rings. The number of hydrogen-bond donors (Lipinski definition) is 2. The van der Waals surface area contributed by atoms with Crippen molar-refractivity contribution in [2.45, 2.75) is 26.2 Å². The van der Waals surface area contributed by atoms with E-state index in [-0.39, 0.29) is 24.0 Å². The van der Waals surface area contributed by atoms with E-state index in [2.05, 4.69) is 21.7 Å². The standard InChI is InChI=1S/C16H26ClN3O.HI/c1-3-21-13-7-12-20-16(18-2)19-11-6-9-14-8-4-5-10-15(14)17;/h4-5,8,10H,3,6-7,9,11-13H2,1-2H3,(H2,18,19,20);1H. The summed E-state index contributed by atoms with van der Waals surface area (Å²) in [5, 5.41) is 7.42. The van der Waals surface area contributed by atoms with Crippen molar-refractivity contribution in [3.05, 3.63) is 34.9 Å². The highest BCUT2D eigenvalue weighted by Crippen LogP contribution is 2.16. The van der Waals surface area contributed by atoms with E-state index in [9.17, 15) is 0 Å². The Labute approximate surface area is 156 Å². The van der Waals surface area contributed by atoms with Crippen LogP contribution >= 0.6 is 35.6 Å². The molecule has 0 unspecified atom stereocenters. The SMILES string of the molecule is CCOCCCNC(=NC)NCCCc1ccccc1Cl.I. The quantitative estimate of drug-likeness (QED) is 0.268. The van der Waals surface area contributed by atoms with Crippen LogP contribution in [0.4, 0.5) is 0 Å². The lowest BCUT2D eigenvalue weighted by atomic mass is 10.1. The maximum atomic E-state index is 6.13. The molecule has 126 valence electrons. The minimum absolute atomic E-state index is 0. The monoisotopic (exact) mass is 439 g/mol. The Morgan fingerprint density at radius 3 is 2.50 bits per heavy atom. The highest BCUT2D eigenvalue weighted by Gasteiger charge is 2.00. The molecule has 0 radical (unpaired) electrons. The van der Waals surface area contributed by atoms with Gasteiger partial charge in [-0.3, -0.25) is 4.99 Å². The Balaban J connectivity index is 0.00000441. The number of benzene rings is 1. The largest absolute Gasteiger partial charge is 0.382 e. The van der Waals surface area contributed by atoms with Gasteiger partial charge >= 0.3 is 0 Å². The molecule has 6 heteroatoms. The lowest BCUT2D eigenvalue weighted by molar-refractivity contribution is 0.145. The van der Waals surface area contributed by atoms with Gasteiger partial charge in [0, 0.05) is 38.4 Å². The summed E-state index contributed by atoms with van der Waals surface area (Å²) in [6.07, 6.45) is 2.96. The molecule has 0 saturated heterocycles. The zero-order valence-corrected chi connectivity index (χ0v) is 16.5. The normalized spacial score (nSPS) is 11.0. The first-order chi connectivity index (χ1) is 10.3. The number of aliphatic imine (C=N–C) groups is 1. The van der Waals surface area contributed by atoms with Crippen molar-refractivity contribution >= 4 is 41.5 Å². The van der Waals surface area contributed by atoms with E-state index in [1.165, 1.54) is 5.56 Å². The molecule has 0 aliphatic rings. The van der Waals surface area contributed by atoms with Crippen molar-refractivity contribution in [2.75, 3.05) is 33.4 Å². The molecule has 0 fully saturated rings. The number of rotatable bonds is 9. The van der Waals surface area contributed by atoms with Gasteiger partial charge < -0.3 is 15.4 Å². The summed E-state index contributed by atoms with van der Waals surface area (Å²) in [5.41, 5.74) is 1.20. The Kier molecular flexibility index (Phi) is 13.7. The third-order valence-electron chi connectivity index (χ3n) is 3.06. The van der Waals surface area contributed by atoms with Crippen molar-refractivity contribution in [3.8, 4) is 0 Å². The average molecular weight is 440 g/mol. The Hall–Kier alpha value is -0.530. The molecular weight excluding hydrogens is 413 g/mol. The molecule has 2 N–H and O–H groups in total. The van der Waals surface area contributed by atoms with E-state index < -0.39 is 0 Å². The van der Waals surface area contributed by atoms with E-state index >= 15 is 0 Å². The van der Waals surface area contributed by atoms with Crippen LogP contribution in [0.3, 0.4) is 0 Å². The minimum Gasteiger partial charge on any atom is -0.382 e. The summed E-state index contributed by atoms with van der Waals surface area (Å²) in [7, 11) is 1.78. The van der Waals surface area contributed by atoms with Crippen molar-refractivity contribution < 1.29 is 4.74 Å². The second-order valence-electron chi connectivity index (χ2n) is 4.67. The summed E-state index contributed by atoms with van der Waals surface area (Å²) >= 11 is 6.13. The average Bonchev–Trinajstić information content (AvgIpc) is 2.50. The number of ether oxygens (including phenoxy) is 1. The number of nitrogens with one attached hydrogen (secondary N) is 2.